The van der Waals surface area contributed by atoms with Crippen molar-refractivity contribution in [1.82, 2.24) is 24.0 Å². The second-order valence-electron chi connectivity index (χ2n) is 11.2. The highest BCUT2D eigenvalue weighted by molar-refractivity contribution is 5.76. The highest BCUT2D eigenvalue weighted by Crippen LogP contribution is 2.51. The quantitative estimate of drug-likeness (QED) is 0.472. The third-order valence-electron chi connectivity index (χ3n) is 8.60. The number of hydrogen-bond donors (Lipinski definition) is 2. The number of alkyl halides is 3. The van der Waals surface area contributed by atoms with E-state index in [1.165, 1.54) is 24.5 Å². The number of fused-ring (bicyclic) bond motifs is 3. The third kappa shape index (κ3) is 6.07. The fourth-order valence-corrected chi connectivity index (χ4v) is 7.02. The van der Waals surface area contributed by atoms with Gasteiger partial charge in [0.05, 0.1) is 7.11 Å². The lowest BCUT2D eigenvalue weighted by Crippen LogP contribution is -2.50. The van der Waals surface area contributed by atoms with Crippen LogP contribution in [0, 0.1) is 11.8 Å². The van der Waals surface area contributed by atoms with Crippen LogP contribution in [0.1, 0.15) is 77.0 Å². The summed E-state index contributed by atoms with van der Waals surface area (Å²) in [5, 5.41) is 7.12. The molecule has 2 N–H and O–H groups in total. The zero-order valence-electron chi connectivity index (χ0n) is 23.6. The number of nitrogens with one attached hydrogen (secondary N) is 1. The van der Waals surface area contributed by atoms with Gasteiger partial charge in [-0.3, -0.25) is 23.6 Å². The number of carbonyl (C=O) groups excluding carboxylic acids is 1. The molecule has 5 rings (SSSR count). The highest BCUT2D eigenvalue weighted by Gasteiger charge is 2.50. The van der Waals surface area contributed by atoms with Crippen molar-refractivity contribution in [3.05, 3.63) is 26.7 Å². The largest absolute Gasteiger partial charge is 0.490 e. The van der Waals surface area contributed by atoms with Crippen molar-refractivity contribution in [2.75, 3.05) is 13.7 Å². The van der Waals surface area contributed by atoms with Gasteiger partial charge < -0.3 is 14.8 Å². The van der Waals surface area contributed by atoms with Crippen LogP contribution in [0.4, 0.5) is 13.2 Å². The fraction of sp³-hybridized carbons (Fsp3) is 0.741. The number of ether oxygens (including phenoxy) is 1. The number of imidazole rings is 1. The number of aryl methyl sites for hydroxylation is 1. The van der Waals surface area contributed by atoms with Crippen molar-refractivity contribution in [3.8, 4) is 0 Å². The molecule has 14 heteroatoms. The van der Waals surface area contributed by atoms with Crippen molar-refractivity contribution in [2.45, 2.75) is 102 Å². The first-order valence-electron chi connectivity index (χ1n) is 14.3. The maximum Gasteiger partial charge on any atom is 0.490 e. The van der Waals surface area contributed by atoms with E-state index in [-0.39, 0.29) is 29.2 Å². The van der Waals surface area contributed by atoms with E-state index in [9.17, 15) is 27.6 Å². The van der Waals surface area contributed by atoms with Crippen LogP contribution in [0.25, 0.3) is 11.2 Å². The number of esters is 1. The molecule has 2 saturated carbocycles. The molecule has 11 nitrogen and oxygen atoms in total. The summed E-state index contributed by atoms with van der Waals surface area (Å²) in [5.41, 5.74) is 0.434. The van der Waals surface area contributed by atoms with Crippen LogP contribution in [0.2, 0.25) is 0 Å². The molecule has 2 aliphatic carbocycles. The molecule has 3 atom stereocenters. The number of aromatic amines is 1. The molecule has 3 heterocycles. The molecule has 41 heavy (non-hydrogen) atoms. The monoisotopic (exact) mass is 585 g/mol. The van der Waals surface area contributed by atoms with E-state index < -0.39 is 12.1 Å². The van der Waals surface area contributed by atoms with Crippen LogP contribution < -0.4 is 11.2 Å². The predicted octanol–water partition coefficient (Wildman–Crippen LogP) is 3.25. The Morgan fingerprint density at radius 2 is 1.63 bits per heavy atom. The molecule has 1 saturated heterocycles. The van der Waals surface area contributed by atoms with Gasteiger partial charge in [0.1, 0.15) is 17.4 Å². The summed E-state index contributed by atoms with van der Waals surface area (Å²) in [6.07, 6.45) is 2.69. The fourth-order valence-electron chi connectivity index (χ4n) is 7.02. The summed E-state index contributed by atoms with van der Waals surface area (Å²) in [5.74, 6) is -0.758. The number of carbonyl (C=O) groups is 2. The van der Waals surface area contributed by atoms with Gasteiger partial charge in [0.25, 0.3) is 5.56 Å². The molecule has 0 amide bonds. The molecule has 3 fully saturated rings. The number of hydrogen-bond acceptors (Lipinski definition) is 7. The minimum absolute atomic E-state index is 0.103. The van der Waals surface area contributed by atoms with Crippen molar-refractivity contribution >= 4 is 23.1 Å². The number of carboxylic acids is 1. The van der Waals surface area contributed by atoms with Crippen molar-refractivity contribution in [3.63, 3.8) is 0 Å². The number of carboxylic acid groups (broad SMARTS) is 1. The van der Waals surface area contributed by atoms with E-state index in [1.807, 2.05) is 13.8 Å². The molecule has 0 aromatic carbocycles. The zero-order valence-corrected chi connectivity index (χ0v) is 23.6. The Kier molecular flexibility index (Phi) is 9.29. The molecule has 3 aliphatic rings. The van der Waals surface area contributed by atoms with Crippen molar-refractivity contribution in [1.29, 1.82) is 0 Å². The van der Waals surface area contributed by atoms with E-state index in [1.54, 1.807) is 4.57 Å². The van der Waals surface area contributed by atoms with Gasteiger partial charge in [-0.1, -0.05) is 13.8 Å². The summed E-state index contributed by atoms with van der Waals surface area (Å²) in [6, 6.07) is 0.314. The number of nitrogens with zero attached hydrogens (tertiary/aromatic N) is 4. The zero-order chi connectivity index (χ0) is 30.1. The first kappa shape index (κ1) is 30.8. The summed E-state index contributed by atoms with van der Waals surface area (Å²) >= 11 is 0. The molecule has 2 aromatic heterocycles. The lowest BCUT2D eigenvalue weighted by molar-refractivity contribution is -0.192. The number of methoxy groups -OCH3 is 1. The third-order valence-corrected chi connectivity index (χ3v) is 8.60. The van der Waals surface area contributed by atoms with Crippen LogP contribution in [-0.2, 0) is 27.4 Å². The lowest BCUT2D eigenvalue weighted by Gasteiger charge is -2.42. The molecule has 2 bridgehead atoms. The van der Waals surface area contributed by atoms with E-state index in [2.05, 4.69) is 9.88 Å². The van der Waals surface area contributed by atoms with Crippen LogP contribution in [0.15, 0.2) is 9.59 Å². The van der Waals surface area contributed by atoms with Gasteiger partial charge in [-0.25, -0.2) is 14.6 Å². The first-order valence-corrected chi connectivity index (χ1v) is 14.3. The van der Waals surface area contributed by atoms with Crippen LogP contribution in [-0.4, -0.2) is 73.0 Å². The maximum atomic E-state index is 13.1. The standard InChI is InChI=1S/C25H37N5O4.C2HF3O2/c1-4-10-29-22-19(23(31)30(11-5-2)25(29)33)26-21(27-22)17-13-15-8-9-16(14-17)20(15)28-12-6-7-18(28)24(32)34-3;3-2(4,5)1(6)7/h15-18,20H,4-14H2,1-3H3,(H,26,27);(H,6,7). The van der Waals surface area contributed by atoms with Crippen molar-refractivity contribution in [2.24, 2.45) is 11.8 Å². The Hall–Kier alpha value is -3.16. The SMILES string of the molecule is CCCn1c(=O)c2[nH]c(C3CC4CCC(C3)C4N3CCCC3C(=O)OC)nc2n(CCC)c1=O.O=C(O)C(F)(F)F. The maximum absolute atomic E-state index is 13.1. The Balaban J connectivity index is 0.000000493. The minimum atomic E-state index is -5.08. The Morgan fingerprint density at radius 1 is 1.05 bits per heavy atom. The lowest BCUT2D eigenvalue weighted by atomic mass is 9.76. The molecule has 228 valence electrons. The second-order valence-corrected chi connectivity index (χ2v) is 11.2. The number of halogens is 3. The summed E-state index contributed by atoms with van der Waals surface area (Å²) in [7, 11) is 1.48. The first-order chi connectivity index (χ1) is 19.4. The van der Waals surface area contributed by atoms with Crippen molar-refractivity contribution < 1.29 is 32.6 Å². The number of likely N-dealkylation sites (tertiary alicyclic amines) is 1. The van der Waals surface area contributed by atoms with Crippen LogP contribution in [0.3, 0.4) is 0 Å². The highest BCUT2D eigenvalue weighted by atomic mass is 19.4. The van der Waals surface area contributed by atoms with Gasteiger partial charge >= 0.3 is 23.8 Å². The summed E-state index contributed by atoms with van der Waals surface area (Å²) in [4.78, 5) is 58.0. The smallest absolute Gasteiger partial charge is 0.475 e. The second kappa shape index (κ2) is 12.4. The molecule has 1 aliphatic heterocycles. The van der Waals surface area contributed by atoms with E-state index >= 15 is 0 Å². The van der Waals surface area contributed by atoms with E-state index in [4.69, 9.17) is 19.6 Å². The molecule has 0 spiro atoms. The number of rotatable bonds is 7. The number of aliphatic carboxylic acids is 1. The number of H-pyrrole nitrogens is 1. The van der Waals surface area contributed by atoms with Gasteiger partial charge in [-0.05, 0) is 69.7 Å². The van der Waals surface area contributed by atoms with E-state index in [0.717, 1.165) is 50.9 Å². The van der Waals surface area contributed by atoms with Crippen LogP contribution >= 0.6 is 0 Å². The van der Waals surface area contributed by atoms with Gasteiger partial charge in [0.2, 0.25) is 0 Å². The normalized spacial score (nSPS) is 26.1. The average Bonchev–Trinajstić information content (AvgIpc) is 3.64. The Morgan fingerprint density at radius 3 is 2.17 bits per heavy atom. The van der Waals surface area contributed by atoms with Gasteiger partial charge in [0.15, 0.2) is 5.65 Å². The minimum Gasteiger partial charge on any atom is -0.475 e. The summed E-state index contributed by atoms with van der Waals surface area (Å²) in [6.45, 7) is 5.93. The van der Waals surface area contributed by atoms with Gasteiger partial charge in [-0.15, -0.1) is 0 Å². The topological polar surface area (TPSA) is 140 Å². The number of aromatic nitrogens is 4. The molecular weight excluding hydrogens is 547 g/mol. The van der Waals surface area contributed by atoms with Gasteiger partial charge in [-0.2, -0.15) is 13.2 Å². The van der Waals surface area contributed by atoms with Crippen LogP contribution in [0.5, 0.6) is 0 Å². The molecule has 3 unspecified atom stereocenters. The Bertz CT molecular complexity index is 1370. The molecule has 0 radical (unpaired) electrons. The van der Waals surface area contributed by atoms with E-state index in [0.29, 0.717) is 42.1 Å². The predicted molar refractivity (Wildman–Crippen MR) is 143 cm³/mol. The molecular formula is C27H38F3N5O6. The van der Waals surface area contributed by atoms with Gasteiger partial charge in [0, 0.05) is 25.0 Å². The Labute approximate surface area is 234 Å². The average molecular weight is 586 g/mol. The summed E-state index contributed by atoms with van der Waals surface area (Å²) < 4.78 is 39.8. The molecule has 2 aromatic rings.